The van der Waals surface area contributed by atoms with Gasteiger partial charge in [0.25, 0.3) is 0 Å². The zero-order valence-corrected chi connectivity index (χ0v) is 16.8. The molecular weight excluding hydrogens is 393 g/mol. The third kappa shape index (κ3) is 6.71. The van der Waals surface area contributed by atoms with Crippen molar-refractivity contribution in [2.75, 3.05) is 33.3 Å². The summed E-state index contributed by atoms with van der Waals surface area (Å²) in [5.41, 5.74) is 0. The van der Waals surface area contributed by atoms with Crippen LogP contribution in [-0.2, 0) is 9.53 Å². The molecule has 1 fully saturated rings. The Kier molecular flexibility index (Phi) is 11.7. The lowest BCUT2D eigenvalue weighted by molar-refractivity contribution is -0.146. The number of aliphatic imine (C=N–C) groups is 1. The fraction of sp³-hybridized carbons (Fsp3) is 0.875. The second-order valence-corrected chi connectivity index (χ2v) is 5.66. The van der Waals surface area contributed by atoms with E-state index in [0.29, 0.717) is 5.92 Å². The molecule has 0 atom stereocenters. The van der Waals surface area contributed by atoms with E-state index in [1.54, 1.807) is 0 Å². The number of hydrogen-bond donors (Lipinski definition) is 1. The molecule has 1 aliphatic heterocycles. The summed E-state index contributed by atoms with van der Waals surface area (Å²) < 4.78 is 4.84. The Balaban J connectivity index is 0.00000441. The first-order valence-electron chi connectivity index (χ1n) is 8.27. The van der Waals surface area contributed by atoms with E-state index in [1.807, 2.05) is 0 Å². The number of guanidine groups is 1. The van der Waals surface area contributed by atoms with Crippen LogP contribution >= 0.6 is 24.0 Å². The molecule has 1 rings (SSSR count). The fourth-order valence-electron chi connectivity index (χ4n) is 2.68. The molecule has 0 unspecified atom stereocenters. The van der Waals surface area contributed by atoms with Crippen molar-refractivity contribution in [1.82, 2.24) is 10.2 Å². The zero-order chi connectivity index (χ0) is 15.7. The van der Waals surface area contributed by atoms with E-state index in [2.05, 4.69) is 31.0 Å². The lowest BCUT2D eigenvalue weighted by Gasteiger charge is -2.33. The Bertz CT molecular complexity index is 338. The number of ether oxygens (including phenoxy) is 1. The number of rotatable bonds is 6. The Morgan fingerprint density at radius 2 is 1.86 bits per heavy atom. The Morgan fingerprint density at radius 3 is 2.32 bits per heavy atom. The number of piperidine rings is 1. The van der Waals surface area contributed by atoms with Crippen molar-refractivity contribution in [2.45, 2.75) is 46.5 Å². The lowest BCUT2D eigenvalue weighted by Crippen LogP contribution is -2.46. The van der Waals surface area contributed by atoms with Gasteiger partial charge in [-0.2, -0.15) is 0 Å². The van der Waals surface area contributed by atoms with Gasteiger partial charge in [-0.3, -0.25) is 9.79 Å². The molecule has 1 N–H and O–H groups in total. The molecule has 0 amide bonds. The van der Waals surface area contributed by atoms with E-state index in [9.17, 15) is 4.79 Å². The van der Waals surface area contributed by atoms with Crippen LogP contribution in [0.25, 0.3) is 0 Å². The van der Waals surface area contributed by atoms with Crippen LogP contribution in [-0.4, -0.2) is 50.1 Å². The van der Waals surface area contributed by atoms with Crippen LogP contribution in [0.1, 0.15) is 46.5 Å². The number of esters is 1. The van der Waals surface area contributed by atoms with Crippen molar-refractivity contribution in [2.24, 2.45) is 16.8 Å². The van der Waals surface area contributed by atoms with Crippen molar-refractivity contribution in [3.63, 3.8) is 0 Å². The van der Waals surface area contributed by atoms with Crippen LogP contribution in [0, 0.1) is 11.8 Å². The van der Waals surface area contributed by atoms with Gasteiger partial charge in [-0.1, -0.05) is 26.7 Å². The number of carbonyl (C=O) groups is 1. The van der Waals surface area contributed by atoms with Gasteiger partial charge in [-0.15, -0.1) is 24.0 Å². The van der Waals surface area contributed by atoms with Gasteiger partial charge in [-0.05, 0) is 25.7 Å². The zero-order valence-electron chi connectivity index (χ0n) is 14.4. The molecular formula is C16H32IN3O2. The Hall–Kier alpha value is -0.530. The molecule has 0 saturated carbocycles. The molecule has 1 saturated heterocycles. The summed E-state index contributed by atoms with van der Waals surface area (Å²) in [6.07, 6.45) is 4.04. The van der Waals surface area contributed by atoms with Gasteiger partial charge < -0.3 is 15.0 Å². The first-order chi connectivity index (χ1) is 10.2. The summed E-state index contributed by atoms with van der Waals surface area (Å²) in [6, 6.07) is 0. The first kappa shape index (κ1) is 21.5. The minimum Gasteiger partial charge on any atom is -0.469 e. The van der Waals surface area contributed by atoms with Crippen molar-refractivity contribution in [3.05, 3.63) is 0 Å². The number of hydrogen-bond acceptors (Lipinski definition) is 3. The Labute approximate surface area is 152 Å². The third-order valence-electron chi connectivity index (χ3n) is 4.32. The SMILES string of the molecule is CCNC(=NCC(CC)CC)N1CCC(C(=O)OC)CC1.I. The van der Waals surface area contributed by atoms with Gasteiger partial charge in [0, 0.05) is 26.2 Å². The van der Waals surface area contributed by atoms with Crippen LogP contribution in [0.4, 0.5) is 0 Å². The van der Waals surface area contributed by atoms with Crippen LogP contribution in [0.15, 0.2) is 4.99 Å². The molecule has 0 radical (unpaired) electrons. The number of nitrogens with one attached hydrogen (secondary N) is 1. The number of carbonyl (C=O) groups excluding carboxylic acids is 1. The first-order valence-corrected chi connectivity index (χ1v) is 8.27. The molecule has 0 bridgehead atoms. The second-order valence-electron chi connectivity index (χ2n) is 5.66. The average molecular weight is 425 g/mol. The highest BCUT2D eigenvalue weighted by molar-refractivity contribution is 14.0. The van der Waals surface area contributed by atoms with E-state index in [0.717, 1.165) is 45.0 Å². The van der Waals surface area contributed by atoms with E-state index < -0.39 is 0 Å². The monoisotopic (exact) mass is 425 g/mol. The molecule has 6 heteroatoms. The van der Waals surface area contributed by atoms with E-state index in [1.165, 1.54) is 20.0 Å². The number of likely N-dealkylation sites (tertiary alicyclic amines) is 1. The van der Waals surface area contributed by atoms with E-state index in [4.69, 9.17) is 9.73 Å². The van der Waals surface area contributed by atoms with E-state index in [-0.39, 0.29) is 35.9 Å². The maximum Gasteiger partial charge on any atom is 0.308 e. The fourth-order valence-corrected chi connectivity index (χ4v) is 2.68. The largest absolute Gasteiger partial charge is 0.469 e. The highest BCUT2D eigenvalue weighted by Gasteiger charge is 2.26. The second kappa shape index (κ2) is 12.0. The standard InChI is InChI=1S/C16H31N3O2.HI/c1-5-13(6-2)12-18-16(17-7-3)19-10-8-14(9-11-19)15(20)21-4;/h13-14H,5-12H2,1-4H3,(H,17,18);1H. The third-order valence-corrected chi connectivity index (χ3v) is 4.32. The van der Waals surface area contributed by atoms with Gasteiger partial charge in [0.15, 0.2) is 5.96 Å². The normalized spacial score (nSPS) is 16.4. The number of halogens is 1. The van der Waals surface area contributed by atoms with Gasteiger partial charge in [0.2, 0.25) is 0 Å². The van der Waals surface area contributed by atoms with Gasteiger partial charge in [0.05, 0.1) is 13.0 Å². The predicted octanol–water partition coefficient (Wildman–Crippen LogP) is 2.89. The summed E-state index contributed by atoms with van der Waals surface area (Å²) >= 11 is 0. The molecule has 0 spiro atoms. The van der Waals surface area contributed by atoms with Crippen LogP contribution in [0.3, 0.4) is 0 Å². The minimum atomic E-state index is -0.0754. The summed E-state index contributed by atoms with van der Waals surface area (Å²) in [7, 11) is 1.47. The summed E-state index contributed by atoms with van der Waals surface area (Å²) in [5, 5.41) is 3.37. The summed E-state index contributed by atoms with van der Waals surface area (Å²) in [5.74, 6) is 1.63. The maximum atomic E-state index is 11.6. The number of methoxy groups -OCH3 is 1. The van der Waals surface area contributed by atoms with Crippen molar-refractivity contribution < 1.29 is 9.53 Å². The highest BCUT2D eigenvalue weighted by atomic mass is 127. The maximum absolute atomic E-state index is 11.6. The minimum absolute atomic E-state index is 0. The number of nitrogens with zero attached hydrogens (tertiary/aromatic N) is 2. The van der Waals surface area contributed by atoms with Crippen molar-refractivity contribution >= 4 is 35.9 Å². The topological polar surface area (TPSA) is 53.9 Å². The van der Waals surface area contributed by atoms with Crippen LogP contribution in [0.2, 0.25) is 0 Å². The molecule has 5 nitrogen and oxygen atoms in total. The summed E-state index contributed by atoms with van der Waals surface area (Å²) in [4.78, 5) is 18.6. The molecule has 0 aromatic heterocycles. The molecule has 0 aromatic carbocycles. The molecule has 1 heterocycles. The van der Waals surface area contributed by atoms with Crippen molar-refractivity contribution in [1.29, 1.82) is 0 Å². The average Bonchev–Trinajstić information content (AvgIpc) is 2.54. The smallest absolute Gasteiger partial charge is 0.308 e. The van der Waals surface area contributed by atoms with E-state index >= 15 is 0 Å². The van der Waals surface area contributed by atoms with Gasteiger partial charge >= 0.3 is 5.97 Å². The molecule has 130 valence electrons. The van der Waals surface area contributed by atoms with Crippen molar-refractivity contribution in [3.8, 4) is 0 Å². The molecule has 0 aromatic rings. The summed E-state index contributed by atoms with van der Waals surface area (Å²) in [6.45, 7) is 10.0. The van der Waals surface area contributed by atoms with Crippen LogP contribution in [0.5, 0.6) is 0 Å². The molecule has 22 heavy (non-hydrogen) atoms. The quantitative estimate of drug-likeness (QED) is 0.308. The molecule has 1 aliphatic rings. The van der Waals surface area contributed by atoms with Crippen LogP contribution < -0.4 is 5.32 Å². The van der Waals surface area contributed by atoms with Gasteiger partial charge in [0.1, 0.15) is 0 Å². The Morgan fingerprint density at radius 1 is 1.27 bits per heavy atom. The lowest BCUT2D eigenvalue weighted by atomic mass is 9.97. The van der Waals surface area contributed by atoms with Gasteiger partial charge in [-0.25, -0.2) is 0 Å². The molecule has 0 aliphatic carbocycles. The highest BCUT2D eigenvalue weighted by Crippen LogP contribution is 2.18. The predicted molar refractivity (Wildman–Crippen MR) is 102 cm³/mol.